The van der Waals surface area contributed by atoms with Gasteiger partial charge in [0.15, 0.2) is 0 Å². The Labute approximate surface area is 123 Å². The van der Waals surface area contributed by atoms with Crippen molar-refractivity contribution < 1.29 is 4.79 Å². The molecule has 7 heteroatoms. The molecule has 1 amide bonds. The summed E-state index contributed by atoms with van der Waals surface area (Å²) < 4.78 is 0.847. The lowest BCUT2D eigenvalue weighted by Gasteiger charge is -2.08. The summed E-state index contributed by atoms with van der Waals surface area (Å²) in [6, 6.07) is 3.32. The number of carbonyl (C=O) groups is 1. The largest absolute Gasteiger partial charge is 0.382 e. The third-order valence-electron chi connectivity index (χ3n) is 2.41. The second-order valence-electron chi connectivity index (χ2n) is 3.86. The zero-order valence-corrected chi connectivity index (χ0v) is 12.3. The number of rotatable bonds is 2. The summed E-state index contributed by atoms with van der Waals surface area (Å²) in [6.45, 7) is 1.85. The van der Waals surface area contributed by atoms with Gasteiger partial charge in [0, 0.05) is 16.9 Å². The van der Waals surface area contributed by atoms with Crippen LogP contribution >= 0.6 is 27.5 Å². The van der Waals surface area contributed by atoms with Gasteiger partial charge in [0.2, 0.25) is 0 Å². The van der Waals surface area contributed by atoms with E-state index < -0.39 is 0 Å². The number of carbonyl (C=O) groups excluding carboxylic acids is 1. The molecular formula is C12H10BrClN4O. The van der Waals surface area contributed by atoms with Crippen LogP contribution in [0.2, 0.25) is 5.02 Å². The fourth-order valence-electron chi connectivity index (χ4n) is 1.42. The van der Waals surface area contributed by atoms with Crippen molar-refractivity contribution in [1.29, 1.82) is 0 Å². The third-order valence-corrected chi connectivity index (χ3v) is 3.15. The van der Waals surface area contributed by atoms with E-state index in [1.54, 1.807) is 6.20 Å². The van der Waals surface area contributed by atoms with Gasteiger partial charge in [0.05, 0.1) is 10.6 Å². The molecule has 0 aliphatic rings. The Balaban J connectivity index is 2.23. The molecule has 2 aromatic heterocycles. The Bertz CT molecular complexity index is 648. The third kappa shape index (κ3) is 3.21. The van der Waals surface area contributed by atoms with Crippen molar-refractivity contribution in [3.63, 3.8) is 0 Å². The number of nitrogens with zero attached hydrogens (tertiary/aromatic N) is 2. The number of pyridine rings is 2. The van der Waals surface area contributed by atoms with Crippen LogP contribution < -0.4 is 11.1 Å². The fourth-order valence-corrected chi connectivity index (χ4v) is 2.04. The van der Waals surface area contributed by atoms with Gasteiger partial charge in [-0.3, -0.25) is 4.79 Å². The number of nitrogens with two attached hydrogens (primary N) is 1. The van der Waals surface area contributed by atoms with E-state index in [4.69, 9.17) is 17.3 Å². The first-order chi connectivity index (χ1) is 8.97. The van der Waals surface area contributed by atoms with Gasteiger partial charge in [-0.05, 0) is 40.5 Å². The summed E-state index contributed by atoms with van der Waals surface area (Å²) in [5.41, 5.74) is 6.66. The minimum Gasteiger partial charge on any atom is -0.382 e. The van der Waals surface area contributed by atoms with Crippen LogP contribution in [0.15, 0.2) is 29.0 Å². The maximum Gasteiger partial charge on any atom is 0.258 e. The molecule has 0 aliphatic carbocycles. The summed E-state index contributed by atoms with van der Waals surface area (Å²) in [5, 5.41) is 2.93. The van der Waals surface area contributed by atoms with Crippen LogP contribution in [-0.4, -0.2) is 15.9 Å². The SMILES string of the molecule is Cc1cc(Br)cnc1NC(=O)c1cnc(N)c(Cl)c1. The maximum absolute atomic E-state index is 12.0. The molecule has 0 atom stereocenters. The number of nitrogens with one attached hydrogen (secondary N) is 1. The molecule has 0 saturated carbocycles. The fraction of sp³-hybridized carbons (Fsp3) is 0.0833. The highest BCUT2D eigenvalue weighted by Crippen LogP contribution is 2.19. The summed E-state index contributed by atoms with van der Waals surface area (Å²) in [6.07, 6.45) is 2.97. The van der Waals surface area contributed by atoms with E-state index in [2.05, 4.69) is 31.2 Å². The molecule has 0 fully saturated rings. The van der Waals surface area contributed by atoms with Gasteiger partial charge in [-0.1, -0.05) is 11.6 Å². The molecule has 98 valence electrons. The van der Waals surface area contributed by atoms with E-state index in [0.717, 1.165) is 10.0 Å². The van der Waals surface area contributed by atoms with Crippen LogP contribution in [0.25, 0.3) is 0 Å². The molecule has 0 saturated heterocycles. The van der Waals surface area contributed by atoms with Crippen molar-refractivity contribution in [2.45, 2.75) is 6.92 Å². The molecule has 19 heavy (non-hydrogen) atoms. The highest BCUT2D eigenvalue weighted by molar-refractivity contribution is 9.10. The number of aryl methyl sites for hydroxylation is 1. The van der Waals surface area contributed by atoms with Crippen LogP contribution in [0.1, 0.15) is 15.9 Å². The van der Waals surface area contributed by atoms with Crippen LogP contribution in [-0.2, 0) is 0 Å². The average Bonchev–Trinajstić information content (AvgIpc) is 2.36. The van der Waals surface area contributed by atoms with Crippen molar-refractivity contribution in [3.05, 3.63) is 45.1 Å². The molecule has 0 aliphatic heterocycles. The van der Waals surface area contributed by atoms with Crippen LogP contribution in [0, 0.1) is 6.92 Å². The minimum absolute atomic E-state index is 0.191. The molecule has 0 radical (unpaired) electrons. The molecule has 0 bridgehead atoms. The molecule has 0 unspecified atom stereocenters. The first-order valence-electron chi connectivity index (χ1n) is 5.32. The summed E-state index contributed by atoms with van der Waals surface area (Å²) >= 11 is 9.13. The van der Waals surface area contributed by atoms with E-state index in [9.17, 15) is 4.79 Å². The minimum atomic E-state index is -0.340. The van der Waals surface area contributed by atoms with Gasteiger partial charge in [0.25, 0.3) is 5.91 Å². The predicted octanol–water partition coefficient (Wildman–Crippen LogP) is 3.04. The van der Waals surface area contributed by atoms with E-state index in [1.807, 2.05) is 13.0 Å². The van der Waals surface area contributed by atoms with Gasteiger partial charge in [-0.2, -0.15) is 0 Å². The zero-order valence-electron chi connectivity index (χ0n) is 9.95. The Morgan fingerprint density at radius 2 is 2.11 bits per heavy atom. The smallest absolute Gasteiger partial charge is 0.258 e. The maximum atomic E-state index is 12.0. The van der Waals surface area contributed by atoms with Gasteiger partial charge < -0.3 is 11.1 Å². The summed E-state index contributed by atoms with van der Waals surface area (Å²) in [7, 11) is 0. The first kappa shape index (κ1) is 13.8. The summed E-state index contributed by atoms with van der Waals surface area (Å²) in [5.74, 6) is 0.338. The van der Waals surface area contributed by atoms with Crippen LogP contribution in [0.3, 0.4) is 0 Å². The van der Waals surface area contributed by atoms with E-state index in [0.29, 0.717) is 11.4 Å². The predicted molar refractivity (Wildman–Crippen MR) is 78.3 cm³/mol. The van der Waals surface area contributed by atoms with Gasteiger partial charge in [-0.25, -0.2) is 9.97 Å². The van der Waals surface area contributed by atoms with E-state index in [-0.39, 0.29) is 16.7 Å². The Morgan fingerprint density at radius 3 is 2.74 bits per heavy atom. The Morgan fingerprint density at radius 1 is 1.37 bits per heavy atom. The second-order valence-corrected chi connectivity index (χ2v) is 5.19. The number of anilines is 2. The molecular weight excluding hydrogens is 332 g/mol. The quantitative estimate of drug-likeness (QED) is 0.879. The molecule has 2 rings (SSSR count). The monoisotopic (exact) mass is 340 g/mol. The number of hydrogen-bond acceptors (Lipinski definition) is 4. The Kier molecular flexibility index (Phi) is 4.01. The number of nitrogen functional groups attached to an aromatic ring is 1. The van der Waals surface area contributed by atoms with Crippen molar-refractivity contribution in [2.75, 3.05) is 11.1 Å². The number of amides is 1. The lowest BCUT2D eigenvalue weighted by molar-refractivity contribution is 0.102. The standard InChI is InChI=1S/C12H10BrClN4O/c1-6-2-8(13)5-17-11(6)18-12(19)7-3-9(14)10(15)16-4-7/h2-5H,1H3,(H2,15,16)(H,17,18,19). The van der Waals surface area contributed by atoms with E-state index >= 15 is 0 Å². The van der Waals surface area contributed by atoms with Crippen molar-refractivity contribution in [2.24, 2.45) is 0 Å². The van der Waals surface area contributed by atoms with Crippen LogP contribution in [0.5, 0.6) is 0 Å². The van der Waals surface area contributed by atoms with Crippen LogP contribution in [0.4, 0.5) is 11.6 Å². The summed E-state index contributed by atoms with van der Waals surface area (Å²) in [4.78, 5) is 20.0. The van der Waals surface area contributed by atoms with E-state index in [1.165, 1.54) is 12.3 Å². The first-order valence-corrected chi connectivity index (χ1v) is 6.49. The zero-order chi connectivity index (χ0) is 14.0. The van der Waals surface area contributed by atoms with Gasteiger partial charge in [-0.15, -0.1) is 0 Å². The lowest BCUT2D eigenvalue weighted by atomic mass is 10.2. The average molecular weight is 342 g/mol. The topological polar surface area (TPSA) is 80.9 Å². The molecule has 2 heterocycles. The highest BCUT2D eigenvalue weighted by Gasteiger charge is 2.11. The Hall–Kier alpha value is -1.66. The molecule has 2 aromatic rings. The van der Waals surface area contributed by atoms with Gasteiger partial charge in [0.1, 0.15) is 11.6 Å². The second kappa shape index (κ2) is 5.54. The normalized spacial score (nSPS) is 10.3. The van der Waals surface area contributed by atoms with Crippen molar-refractivity contribution in [1.82, 2.24) is 9.97 Å². The van der Waals surface area contributed by atoms with Gasteiger partial charge >= 0.3 is 0 Å². The van der Waals surface area contributed by atoms with Crippen molar-refractivity contribution >= 4 is 45.1 Å². The number of aromatic nitrogens is 2. The molecule has 0 spiro atoms. The number of halogens is 2. The number of hydrogen-bond donors (Lipinski definition) is 2. The molecule has 0 aromatic carbocycles. The van der Waals surface area contributed by atoms with Crippen molar-refractivity contribution in [3.8, 4) is 0 Å². The lowest BCUT2D eigenvalue weighted by Crippen LogP contribution is -2.14. The molecule has 3 N–H and O–H groups in total. The molecule has 5 nitrogen and oxygen atoms in total. The highest BCUT2D eigenvalue weighted by atomic mass is 79.9.